The minimum atomic E-state index is -4.58. The molecule has 392 valence electrons. The SMILES string of the molecule is N#C[C@@]1(C(=O)CCc2cc(-c3ccc(C(F)(F)F)nc3)ncn2)CCCN1S(=O)(=O)c1ccc(F)cc1.O=C(CCc1cc(-c2ccc(C(F)(F)F)nc2)ncn1)[C@]1(/C=N/O)CCCN1S(=O)(=O)c1ccc(F)cc1. The van der Waals surface area contributed by atoms with Gasteiger partial charge in [0.1, 0.15) is 41.2 Å². The number of benzene rings is 2. The van der Waals surface area contributed by atoms with Crippen molar-refractivity contribution in [3.05, 3.63) is 144 Å². The van der Waals surface area contributed by atoms with Crippen molar-refractivity contribution < 1.29 is 66.8 Å². The molecule has 75 heavy (non-hydrogen) atoms. The number of carbonyl (C=O) groups excluding carboxylic acids is 2. The van der Waals surface area contributed by atoms with Crippen LogP contribution in [0.5, 0.6) is 0 Å². The van der Waals surface area contributed by atoms with Gasteiger partial charge in [0.15, 0.2) is 17.1 Å². The average molecular weight is 1090 g/mol. The second kappa shape index (κ2) is 22.1. The summed E-state index contributed by atoms with van der Waals surface area (Å²) in [6.45, 7) is -0.0619. The van der Waals surface area contributed by atoms with Gasteiger partial charge in [0.2, 0.25) is 20.0 Å². The van der Waals surface area contributed by atoms with Crippen molar-refractivity contribution in [3.63, 3.8) is 0 Å². The Hall–Kier alpha value is -7.54. The normalized spacial score (nSPS) is 18.6. The van der Waals surface area contributed by atoms with Crippen LogP contribution in [0, 0.1) is 23.0 Å². The third-order valence-corrected chi connectivity index (χ3v) is 16.2. The van der Waals surface area contributed by atoms with E-state index in [1.807, 2.05) is 6.07 Å². The molecular formula is C48H40F8N10O7S2. The molecule has 8 rings (SSSR count). The number of pyridine rings is 2. The molecule has 4 aromatic heterocycles. The second-order valence-electron chi connectivity index (χ2n) is 16.9. The van der Waals surface area contributed by atoms with Crippen LogP contribution in [0.4, 0.5) is 35.1 Å². The maximum absolute atomic E-state index is 13.4. The smallest absolute Gasteiger partial charge is 0.411 e. The van der Waals surface area contributed by atoms with Crippen molar-refractivity contribution in [2.75, 3.05) is 13.1 Å². The molecule has 27 heteroatoms. The molecular weight excluding hydrogens is 1040 g/mol. The predicted octanol–water partition coefficient (Wildman–Crippen LogP) is 7.83. The molecule has 17 nitrogen and oxygen atoms in total. The number of hydrogen-bond donors (Lipinski definition) is 1. The first-order valence-corrected chi connectivity index (χ1v) is 25.2. The van der Waals surface area contributed by atoms with E-state index in [9.17, 15) is 72.0 Å². The average Bonchev–Trinajstić information content (AvgIpc) is 4.05. The Morgan fingerprint density at radius 1 is 0.640 bits per heavy atom. The zero-order valence-corrected chi connectivity index (χ0v) is 40.4. The number of aryl methyl sites for hydroxylation is 2. The summed E-state index contributed by atoms with van der Waals surface area (Å²) in [5.41, 5.74) is -3.82. The van der Waals surface area contributed by atoms with Crippen LogP contribution in [-0.2, 0) is 54.8 Å². The Morgan fingerprint density at radius 2 is 1.08 bits per heavy atom. The Kier molecular flexibility index (Phi) is 16.3. The molecule has 0 aliphatic carbocycles. The Balaban J connectivity index is 0.000000219. The number of halogens is 8. The maximum atomic E-state index is 13.4. The van der Waals surface area contributed by atoms with Crippen LogP contribution in [0.3, 0.4) is 0 Å². The van der Waals surface area contributed by atoms with Crippen molar-refractivity contribution in [2.45, 2.75) is 84.6 Å². The van der Waals surface area contributed by atoms with Gasteiger partial charge >= 0.3 is 12.4 Å². The van der Waals surface area contributed by atoms with Crippen LogP contribution in [0.25, 0.3) is 22.5 Å². The fourth-order valence-corrected chi connectivity index (χ4v) is 12.0. The molecule has 2 atom stereocenters. The van der Waals surface area contributed by atoms with E-state index in [0.29, 0.717) is 28.9 Å². The van der Waals surface area contributed by atoms with E-state index in [1.165, 1.54) is 36.9 Å². The second-order valence-corrected chi connectivity index (χ2v) is 20.6. The first-order chi connectivity index (χ1) is 35.4. The highest BCUT2D eigenvalue weighted by atomic mass is 32.2. The van der Waals surface area contributed by atoms with E-state index < -0.39 is 78.1 Å². The molecule has 0 spiro atoms. The lowest BCUT2D eigenvalue weighted by Crippen LogP contribution is -2.54. The number of alkyl halides is 6. The fourth-order valence-electron chi connectivity index (χ4n) is 8.48. The lowest BCUT2D eigenvalue weighted by molar-refractivity contribution is -0.141. The van der Waals surface area contributed by atoms with Gasteiger partial charge in [0.05, 0.1) is 33.5 Å². The first-order valence-electron chi connectivity index (χ1n) is 22.4. The van der Waals surface area contributed by atoms with Crippen LogP contribution >= 0.6 is 0 Å². The minimum absolute atomic E-state index is 0.00893. The standard InChI is InChI=1S/C24H21F4N5O4S.C24H19F4N5O3S/c25-17-3-6-19(7-4-17)38(36,37)33-11-1-10-23(33,14-32-35)22(34)9-5-18-12-20(31-15-30-18)16-2-8-21(29-13-16)24(26,27)28;25-17-3-6-19(7-4-17)37(35,36)33-11-1-10-23(33,14-29)22(34)9-5-18-12-20(32-15-31-18)16-2-8-21(30-13-16)24(26,27)28/h2-4,6-8,12-15,35H,1,5,9-11H2;2-4,6-8,12-13,15H,1,5,9-11H2/b32-14+;/t2*23-/m11/s1. The molecule has 2 fully saturated rings. The van der Waals surface area contributed by atoms with Crippen molar-refractivity contribution in [3.8, 4) is 28.6 Å². The van der Waals surface area contributed by atoms with E-state index >= 15 is 0 Å². The van der Waals surface area contributed by atoms with Gasteiger partial charge in [-0.3, -0.25) is 19.6 Å². The number of nitriles is 1. The number of rotatable bonds is 15. The van der Waals surface area contributed by atoms with Crippen molar-refractivity contribution in [1.29, 1.82) is 5.26 Å². The van der Waals surface area contributed by atoms with E-state index in [4.69, 9.17) is 0 Å². The number of nitrogens with zero attached hydrogens (tertiary/aromatic N) is 10. The number of Topliss-reactive ketones (excluding diaryl/α,β-unsaturated/α-hetero) is 2. The maximum Gasteiger partial charge on any atom is 0.433 e. The van der Waals surface area contributed by atoms with Gasteiger partial charge in [-0.25, -0.2) is 45.6 Å². The topological polar surface area (TPSA) is 243 Å². The zero-order chi connectivity index (χ0) is 54.4. The molecule has 0 saturated carbocycles. The van der Waals surface area contributed by atoms with Crippen LogP contribution < -0.4 is 0 Å². The lowest BCUT2D eigenvalue weighted by atomic mass is 9.90. The number of aromatic nitrogens is 6. The highest BCUT2D eigenvalue weighted by molar-refractivity contribution is 7.89. The van der Waals surface area contributed by atoms with Gasteiger partial charge in [-0.1, -0.05) is 5.16 Å². The van der Waals surface area contributed by atoms with Crippen molar-refractivity contribution >= 4 is 37.8 Å². The quantitative estimate of drug-likeness (QED) is 0.0446. The summed E-state index contributed by atoms with van der Waals surface area (Å²) in [5, 5.41) is 22.2. The van der Waals surface area contributed by atoms with Gasteiger partial charge in [-0.05, 0) is 123 Å². The van der Waals surface area contributed by atoms with Gasteiger partial charge in [0, 0.05) is 60.8 Å². The molecule has 0 amide bonds. The first kappa shape index (κ1) is 55.2. The molecule has 1 N–H and O–H groups in total. The molecule has 0 unspecified atom stereocenters. The van der Waals surface area contributed by atoms with Gasteiger partial charge < -0.3 is 5.21 Å². The number of carbonyl (C=O) groups is 2. The number of sulfonamides is 2. The molecule has 2 saturated heterocycles. The summed E-state index contributed by atoms with van der Waals surface area (Å²) in [6, 6.07) is 17.2. The largest absolute Gasteiger partial charge is 0.433 e. The molecule has 2 aliphatic heterocycles. The molecule has 2 aromatic carbocycles. The summed E-state index contributed by atoms with van der Waals surface area (Å²) in [6.07, 6.45) is -3.46. The van der Waals surface area contributed by atoms with Crippen LogP contribution in [0.1, 0.15) is 61.3 Å². The highest BCUT2D eigenvalue weighted by Crippen LogP contribution is 2.38. The predicted molar refractivity (Wildman–Crippen MR) is 248 cm³/mol. The third kappa shape index (κ3) is 12.0. The zero-order valence-electron chi connectivity index (χ0n) is 38.7. The third-order valence-electron chi connectivity index (χ3n) is 12.3. The summed E-state index contributed by atoms with van der Waals surface area (Å²) in [5.74, 6) is -2.41. The molecule has 2 aliphatic rings. The van der Waals surface area contributed by atoms with E-state index in [0.717, 1.165) is 87.9 Å². The molecule has 0 radical (unpaired) electrons. The van der Waals surface area contributed by atoms with Gasteiger partial charge in [-0.15, -0.1) is 0 Å². The van der Waals surface area contributed by atoms with Crippen molar-refractivity contribution in [2.24, 2.45) is 5.16 Å². The fraction of sp³-hybridized carbons (Fsp3) is 0.292. The molecule has 0 bridgehead atoms. The number of ketones is 2. The summed E-state index contributed by atoms with van der Waals surface area (Å²) in [4.78, 5) is 49.3. The van der Waals surface area contributed by atoms with E-state index in [2.05, 4.69) is 35.1 Å². The molecule has 6 aromatic rings. The Labute approximate surface area is 422 Å². The van der Waals surface area contributed by atoms with E-state index in [-0.39, 0.29) is 79.2 Å². The number of oxime groups is 1. The van der Waals surface area contributed by atoms with Crippen LogP contribution in [0.2, 0.25) is 0 Å². The van der Waals surface area contributed by atoms with Crippen molar-refractivity contribution in [1.82, 2.24) is 38.5 Å². The Morgan fingerprint density at radius 3 is 1.51 bits per heavy atom. The van der Waals surface area contributed by atoms with Gasteiger partial charge in [-0.2, -0.15) is 40.2 Å². The van der Waals surface area contributed by atoms with Gasteiger partial charge in [0.25, 0.3) is 0 Å². The summed E-state index contributed by atoms with van der Waals surface area (Å²) >= 11 is 0. The summed E-state index contributed by atoms with van der Waals surface area (Å²) in [7, 11) is -8.49. The highest BCUT2D eigenvalue weighted by Gasteiger charge is 2.54. The monoisotopic (exact) mass is 1080 g/mol. The van der Waals surface area contributed by atoms with Crippen LogP contribution in [-0.4, -0.2) is 103 Å². The number of hydrogen-bond acceptors (Lipinski definition) is 15. The lowest BCUT2D eigenvalue weighted by Gasteiger charge is -2.32. The van der Waals surface area contributed by atoms with E-state index in [1.54, 1.807) is 0 Å². The Bertz CT molecular complexity index is 3350. The van der Waals surface area contributed by atoms with Crippen LogP contribution in [0.15, 0.2) is 125 Å². The minimum Gasteiger partial charge on any atom is -0.411 e. The summed E-state index contributed by atoms with van der Waals surface area (Å²) < 4.78 is 158. The molecule has 6 heterocycles.